The Morgan fingerprint density at radius 3 is 1.06 bits per heavy atom. The van der Waals surface area contributed by atoms with E-state index in [9.17, 15) is 68.1 Å². The van der Waals surface area contributed by atoms with Gasteiger partial charge in [-0.15, -0.1) is 0 Å². The number of carbonyl (C=O) groups excluding carboxylic acids is 8. The number of carbonyl (C=O) groups is 11. The Hall–Kier alpha value is -9.37. The maximum Gasteiger partial charge on any atom is 0.317 e. The molecule has 5 rings (SSSR count). The number of nitrogens with one attached hydrogen (secondary N) is 7. The molecule has 6 atom stereocenters. The van der Waals surface area contributed by atoms with Gasteiger partial charge < -0.3 is 58.3 Å². The van der Waals surface area contributed by atoms with E-state index < -0.39 is 106 Å². The van der Waals surface area contributed by atoms with Gasteiger partial charge in [-0.05, 0) is 71.3 Å². The molecule has 0 unspecified atom stereocenters. The zero-order chi connectivity index (χ0) is 71.8. The van der Waals surface area contributed by atoms with Crippen LogP contribution in [-0.2, 0) is 72.0 Å². The first kappa shape index (κ1) is 79.3. The SMILES string of the molecule is CC(C)(C)C[C@H](NC(=O)[C@H](Cc1ccccc1)NC(=O)/C=C/c1ccccc1)C(=O)N[C@@H](Cc1ccccc1)C(=O)N[C@@H](CC(C)(C)C)C(=O)N[C@@H](Cc1ccccc1)C(=O)N[C@@H](CCCCNC(=O)CN1CCN(CC(=O)O)CCN(CC(=O)O)CCN(CC(=O)O)CC1)C(N)=O. The highest BCUT2D eigenvalue weighted by atomic mass is 16.4. The van der Waals surface area contributed by atoms with E-state index in [1.54, 1.807) is 86.3 Å². The number of hydrogen-bond acceptors (Lipinski definition) is 15. The molecule has 1 fully saturated rings. The van der Waals surface area contributed by atoms with Crippen LogP contribution in [0.3, 0.4) is 0 Å². The van der Waals surface area contributed by atoms with Gasteiger partial charge in [0.25, 0.3) is 0 Å². The van der Waals surface area contributed by atoms with Crippen LogP contribution in [0.15, 0.2) is 127 Å². The molecule has 0 aliphatic carbocycles. The molecule has 8 amide bonds. The smallest absolute Gasteiger partial charge is 0.317 e. The molecule has 26 nitrogen and oxygen atoms in total. The highest BCUT2D eigenvalue weighted by Crippen LogP contribution is 2.24. The van der Waals surface area contributed by atoms with Crippen LogP contribution in [0, 0.1) is 10.8 Å². The van der Waals surface area contributed by atoms with Gasteiger partial charge >= 0.3 is 17.9 Å². The summed E-state index contributed by atoms with van der Waals surface area (Å²) in [7, 11) is 0. The first-order valence-corrected chi connectivity index (χ1v) is 33.3. The van der Waals surface area contributed by atoms with Gasteiger partial charge in [0.15, 0.2) is 0 Å². The molecule has 0 spiro atoms. The van der Waals surface area contributed by atoms with Crippen molar-refractivity contribution in [1.29, 1.82) is 0 Å². The van der Waals surface area contributed by atoms with Crippen molar-refractivity contribution in [3.63, 3.8) is 0 Å². The monoisotopic (exact) mass is 1360 g/mol. The summed E-state index contributed by atoms with van der Waals surface area (Å²) >= 11 is 0. The van der Waals surface area contributed by atoms with Gasteiger partial charge in [0.2, 0.25) is 47.3 Å². The summed E-state index contributed by atoms with van der Waals surface area (Å²) in [5.41, 5.74) is 7.57. The largest absolute Gasteiger partial charge is 0.480 e. The number of amides is 8. The quantitative estimate of drug-likeness (QED) is 0.0233. The van der Waals surface area contributed by atoms with Gasteiger partial charge in [-0.3, -0.25) is 72.3 Å². The normalized spacial score (nSPS) is 15.8. The molecule has 1 heterocycles. The first-order valence-electron chi connectivity index (χ1n) is 33.3. The van der Waals surface area contributed by atoms with Crippen LogP contribution >= 0.6 is 0 Å². The van der Waals surface area contributed by atoms with E-state index >= 15 is 0 Å². The summed E-state index contributed by atoms with van der Waals surface area (Å²) in [5, 5.41) is 48.6. The lowest BCUT2D eigenvalue weighted by molar-refractivity contribution is -0.140. The lowest BCUT2D eigenvalue weighted by atomic mass is 9.87. The predicted molar refractivity (Wildman–Crippen MR) is 370 cm³/mol. The molecule has 1 aliphatic rings. The summed E-state index contributed by atoms with van der Waals surface area (Å²) in [4.78, 5) is 155. The number of rotatable bonds is 35. The number of unbranched alkanes of at least 4 members (excludes halogenated alkanes) is 1. The fraction of sp³-hybridized carbons (Fsp3) is 0.486. The average molecular weight is 1360 g/mol. The van der Waals surface area contributed by atoms with Crippen molar-refractivity contribution >= 4 is 71.2 Å². The zero-order valence-electron chi connectivity index (χ0n) is 57.2. The third-order valence-electron chi connectivity index (χ3n) is 16.1. The Kier molecular flexibility index (Phi) is 32.7. The molecule has 4 aromatic carbocycles. The van der Waals surface area contributed by atoms with Crippen LogP contribution in [0.4, 0.5) is 0 Å². The zero-order valence-corrected chi connectivity index (χ0v) is 57.2. The maximum atomic E-state index is 14.9. The number of primary amides is 1. The van der Waals surface area contributed by atoms with Crippen molar-refractivity contribution < 1.29 is 68.1 Å². The van der Waals surface area contributed by atoms with Crippen LogP contribution in [0.1, 0.15) is 95.9 Å². The lowest BCUT2D eigenvalue weighted by Crippen LogP contribution is -2.61. The Morgan fingerprint density at radius 1 is 0.418 bits per heavy atom. The van der Waals surface area contributed by atoms with Crippen LogP contribution in [0.5, 0.6) is 0 Å². The van der Waals surface area contributed by atoms with Crippen molar-refractivity contribution in [2.45, 2.75) is 129 Å². The van der Waals surface area contributed by atoms with Crippen molar-refractivity contribution in [3.05, 3.63) is 150 Å². The van der Waals surface area contributed by atoms with Gasteiger partial charge in [-0.2, -0.15) is 0 Å². The number of aliphatic carboxylic acids is 3. The van der Waals surface area contributed by atoms with Gasteiger partial charge in [0.05, 0.1) is 26.2 Å². The van der Waals surface area contributed by atoms with Crippen LogP contribution in [0.2, 0.25) is 0 Å². The number of nitrogens with zero attached hydrogens (tertiary/aromatic N) is 4. The molecule has 1 saturated heterocycles. The van der Waals surface area contributed by atoms with Gasteiger partial charge in [-0.25, -0.2) is 0 Å². The van der Waals surface area contributed by atoms with Crippen molar-refractivity contribution in [3.8, 4) is 0 Å². The summed E-state index contributed by atoms with van der Waals surface area (Å²) in [5.74, 6) is -8.55. The summed E-state index contributed by atoms with van der Waals surface area (Å²) in [6.45, 7) is 12.2. The van der Waals surface area contributed by atoms with Gasteiger partial charge in [0.1, 0.15) is 36.3 Å². The molecule has 0 aromatic heterocycles. The number of nitrogens with two attached hydrogens (primary N) is 1. The van der Waals surface area contributed by atoms with Crippen LogP contribution in [0.25, 0.3) is 6.08 Å². The van der Waals surface area contributed by atoms with Crippen LogP contribution in [-0.4, -0.2) is 221 Å². The molecule has 4 aromatic rings. The van der Waals surface area contributed by atoms with Crippen molar-refractivity contribution in [1.82, 2.24) is 56.8 Å². The Morgan fingerprint density at radius 2 is 0.724 bits per heavy atom. The molecule has 26 heteroatoms. The summed E-state index contributed by atoms with van der Waals surface area (Å²) in [6, 6.07) is 28.5. The van der Waals surface area contributed by atoms with E-state index in [-0.39, 0.29) is 130 Å². The number of benzene rings is 4. The average Bonchev–Trinajstić information content (AvgIpc) is 0.875. The fourth-order valence-corrected chi connectivity index (χ4v) is 11.2. The van der Waals surface area contributed by atoms with Gasteiger partial charge in [0, 0.05) is 84.2 Å². The van der Waals surface area contributed by atoms with Crippen molar-refractivity contribution in [2.24, 2.45) is 16.6 Å². The highest BCUT2D eigenvalue weighted by molar-refractivity contribution is 5.99. The number of hydrogen-bond donors (Lipinski definition) is 11. The fourth-order valence-electron chi connectivity index (χ4n) is 11.2. The number of carboxylic acid groups (broad SMARTS) is 3. The van der Waals surface area contributed by atoms with E-state index in [0.717, 1.165) is 11.1 Å². The first-order chi connectivity index (χ1) is 46.5. The Balaban J connectivity index is 1.29. The maximum absolute atomic E-state index is 14.9. The molecule has 0 radical (unpaired) electrons. The van der Waals surface area contributed by atoms with E-state index in [1.165, 1.54) is 6.08 Å². The standard InChI is InChI=1S/C72H100N12O14/c1-71(2,3)44-58(79-66(94)55(41-51-23-13-8-14-24-51)75-60(85)31-30-50-21-11-7-12-22-50)69(97)78-57(43-53-27-17-10-18-28-53)68(96)80-59(45-72(4,5)6)70(98)77-56(42-52-25-15-9-16-26-52)67(95)76-54(65(73)93)29-19-20-32-74-61(86)46-81-33-35-82(47-62(87)88)37-39-84(49-64(91)92)40-38-83(36-34-81)48-63(89)90/h7-18,21-28,30-31,54-59H,19-20,29,32-49H2,1-6H3,(H2,73,93)(H,74,86)(H,75,85)(H,76,95)(H,77,98)(H,78,97)(H,79,94)(H,80,96)(H,87,88)(H,89,90)(H,91,92)/b31-30+/t54-,55-,56-,57-,58-,59-/m0/s1. The highest BCUT2D eigenvalue weighted by Gasteiger charge is 2.37. The number of carboxylic acids is 3. The summed E-state index contributed by atoms with van der Waals surface area (Å²) < 4.78 is 0. The third kappa shape index (κ3) is 31.7. The van der Waals surface area contributed by atoms with Gasteiger partial charge in [-0.1, -0.05) is 163 Å². The minimum atomic E-state index is -1.32. The third-order valence-corrected chi connectivity index (χ3v) is 16.1. The molecule has 0 bridgehead atoms. The Bertz CT molecular complexity index is 3240. The van der Waals surface area contributed by atoms with E-state index in [0.29, 0.717) is 24.0 Å². The second-order valence-corrected chi connectivity index (χ2v) is 27.2. The molecule has 1 aliphatic heterocycles. The topological polar surface area (TPSA) is 372 Å². The van der Waals surface area contributed by atoms with Crippen LogP contribution < -0.4 is 43.0 Å². The predicted octanol–water partition coefficient (Wildman–Crippen LogP) is 2.46. The lowest BCUT2D eigenvalue weighted by Gasteiger charge is -2.32. The van der Waals surface area contributed by atoms with E-state index in [4.69, 9.17) is 5.73 Å². The van der Waals surface area contributed by atoms with Crippen molar-refractivity contribution in [2.75, 3.05) is 85.1 Å². The molecule has 12 N–H and O–H groups in total. The minimum absolute atomic E-state index is 0.0371. The molecule has 98 heavy (non-hydrogen) atoms. The summed E-state index contributed by atoms with van der Waals surface area (Å²) in [6.07, 6.45) is 3.82. The second-order valence-electron chi connectivity index (χ2n) is 27.2. The molecular weight excluding hydrogens is 1260 g/mol. The second kappa shape index (κ2) is 40.4. The molecule has 532 valence electrons. The molecule has 0 saturated carbocycles. The minimum Gasteiger partial charge on any atom is -0.480 e. The van der Waals surface area contributed by atoms with E-state index in [1.807, 2.05) is 102 Å². The Labute approximate surface area is 574 Å². The molecular formula is C72H100N12O14. The van der Waals surface area contributed by atoms with E-state index in [2.05, 4.69) is 37.2 Å².